The number of fused-ring (bicyclic) bond motifs is 1. The number of hydrogen-bond acceptors (Lipinski definition) is 2. The normalized spacial score (nSPS) is 23.0. The number of hydrogen-bond donors (Lipinski definition) is 1. The minimum absolute atomic E-state index is 0.221. The van der Waals surface area contributed by atoms with E-state index in [1.165, 1.54) is 11.1 Å². The predicted octanol–water partition coefficient (Wildman–Crippen LogP) is 4.27. The fourth-order valence-corrected chi connectivity index (χ4v) is 2.85. The molecule has 1 aliphatic heterocycles. The van der Waals surface area contributed by atoms with Crippen LogP contribution in [0.4, 0.5) is 0 Å². The fourth-order valence-electron chi connectivity index (χ4n) is 2.85. The Kier molecular flexibility index (Phi) is 4.19. The molecule has 2 nitrogen and oxygen atoms in total. The number of rotatable bonds is 3. The van der Waals surface area contributed by atoms with E-state index in [2.05, 4.69) is 58.1 Å². The van der Waals surface area contributed by atoms with E-state index >= 15 is 0 Å². The Morgan fingerprint density at radius 3 is 2.63 bits per heavy atom. The van der Waals surface area contributed by atoms with Gasteiger partial charge in [-0.2, -0.15) is 0 Å². The summed E-state index contributed by atoms with van der Waals surface area (Å²) in [5.41, 5.74) is 3.11. The third kappa shape index (κ3) is 3.11. The van der Waals surface area contributed by atoms with Crippen LogP contribution in [-0.4, -0.2) is 13.2 Å². The van der Waals surface area contributed by atoms with E-state index in [9.17, 15) is 0 Å². The maximum Gasteiger partial charge on any atom is 0.119 e. The fraction of sp³-hybridized carbons (Fsp3) is 0.647. The third-order valence-electron chi connectivity index (χ3n) is 3.87. The van der Waals surface area contributed by atoms with Crippen molar-refractivity contribution in [3.05, 3.63) is 29.3 Å². The highest BCUT2D eigenvalue weighted by Crippen LogP contribution is 2.41. The van der Waals surface area contributed by atoms with Crippen LogP contribution in [0.1, 0.15) is 64.1 Å². The van der Waals surface area contributed by atoms with Crippen molar-refractivity contribution in [3.63, 3.8) is 0 Å². The molecular formula is C17H27NO. The Morgan fingerprint density at radius 2 is 2.00 bits per heavy atom. The zero-order valence-corrected chi connectivity index (χ0v) is 12.9. The van der Waals surface area contributed by atoms with Crippen molar-refractivity contribution in [2.75, 3.05) is 13.2 Å². The molecule has 0 amide bonds. The van der Waals surface area contributed by atoms with Crippen LogP contribution in [0.3, 0.4) is 0 Å². The largest absolute Gasteiger partial charge is 0.494 e. The lowest BCUT2D eigenvalue weighted by atomic mass is 9.76. The summed E-state index contributed by atoms with van der Waals surface area (Å²) < 4.78 is 5.79. The van der Waals surface area contributed by atoms with Gasteiger partial charge in [-0.1, -0.05) is 40.7 Å². The van der Waals surface area contributed by atoms with Gasteiger partial charge in [0.05, 0.1) is 6.61 Å². The molecule has 0 spiro atoms. The average molecular weight is 261 g/mol. The van der Waals surface area contributed by atoms with Gasteiger partial charge in [0.2, 0.25) is 0 Å². The van der Waals surface area contributed by atoms with Crippen LogP contribution in [0.5, 0.6) is 5.75 Å². The van der Waals surface area contributed by atoms with Crippen LogP contribution >= 0.6 is 0 Å². The van der Waals surface area contributed by atoms with Gasteiger partial charge in [-0.05, 0) is 41.0 Å². The average Bonchev–Trinajstić information content (AvgIpc) is 2.35. The summed E-state index contributed by atoms with van der Waals surface area (Å²) in [6.07, 6.45) is 1.05. The molecule has 2 heteroatoms. The van der Waals surface area contributed by atoms with Gasteiger partial charge in [0, 0.05) is 12.6 Å². The molecule has 106 valence electrons. The zero-order valence-electron chi connectivity index (χ0n) is 12.9. The van der Waals surface area contributed by atoms with Crippen molar-refractivity contribution < 1.29 is 4.74 Å². The molecule has 0 aromatic heterocycles. The summed E-state index contributed by atoms with van der Waals surface area (Å²) in [4.78, 5) is 0. The molecule has 1 aromatic carbocycles. The maximum absolute atomic E-state index is 5.79. The summed E-state index contributed by atoms with van der Waals surface area (Å²) in [5, 5.41) is 3.69. The lowest BCUT2D eigenvalue weighted by Gasteiger charge is -2.39. The van der Waals surface area contributed by atoms with Crippen LogP contribution in [0.15, 0.2) is 18.2 Å². The van der Waals surface area contributed by atoms with E-state index in [0.717, 1.165) is 25.3 Å². The first-order valence-electron chi connectivity index (χ1n) is 7.43. The quantitative estimate of drug-likeness (QED) is 0.877. The van der Waals surface area contributed by atoms with Crippen LogP contribution in [0, 0.1) is 5.41 Å². The summed E-state index contributed by atoms with van der Waals surface area (Å²) in [6.45, 7) is 13.2. The Hall–Kier alpha value is -1.02. The molecule has 0 radical (unpaired) electrons. The summed E-state index contributed by atoms with van der Waals surface area (Å²) in [5.74, 6) is 1.58. The van der Waals surface area contributed by atoms with Crippen molar-refractivity contribution in [3.8, 4) is 5.75 Å². The molecular weight excluding hydrogens is 234 g/mol. The summed E-state index contributed by atoms with van der Waals surface area (Å²) >= 11 is 0. The summed E-state index contributed by atoms with van der Waals surface area (Å²) in [6, 6.07) is 7.02. The van der Waals surface area contributed by atoms with Crippen molar-refractivity contribution in [1.82, 2.24) is 5.32 Å². The molecule has 2 unspecified atom stereocenters. The molecule has 0 bridgehead atoms. The highest BCUT2D eigenvalue weighted by molar-refractivity contribution is 5.42. The van der Waals surface area contributed by atoms with E-state index in [4.69, 9.17) is 4.74 Å². The molecule has 1 aromatic rings. The Labute approximate surface area is 117 Å². The molecule has 2 rings (SSSR count). The van der Waals surface area contributed by atoms with Crippen LogP contribution < -0.4 is 10.1 Å². The monoisotopic (exact) mass is 261 g/mol. The van der Waals surface area contributed by atoms with Crippen molar-refractivity contribution in [2.24, 2.45) is 5.41 Å². The van der Waals surface area contributed by atoms with Gasteiger partial charge in [-0.3, -0.25) is 0 Å². The van der Waals surface area contributed by atoms with Crippen molar-refractivity contribution in [2.45, 2.75) is 53.0 Å². The molecule has 0 fully saturated rings. The minimum Gasteiger partial charge on any atom is -0.494 e. The van der Waals surface area contributed by atoms with Gasteiger partial charge >= 0.3 is 0 Å². The number of ether oxygens (including phenoxy) is 1. The van der Waals surface area contributed by atoms with E-state index in [-0.39, 0.29) is 5.41 Å². The Morgan fingerprint density at radius 1 is 1.26 bits per heavy atom. The van der Waals surface area contributed by atoms with Gasteiger partial charge in [-0.25, -0.2) is 0 Å². The Balaban J connectivity index is 2.36. The minimum atomic E-state index is 0.221. The standard InChI is InChI=1S/C17H27NO/c1-6-9-19-13-7-8-14-12(2)11-18-16(15(14)10-13)17(3,4)5/h7-8,10,12,16,18H,6,9,11H2,1-5H3. The second-order valence-electron chi connectivity index (χ2n) is 6.75. The van der Waals surface area contributed by atoms with E-state index in [1.807, 2.05) is 0 Å². The first-order valence-corrected chi connectivity index (χ1v) is 7.43. The van der Waals surface area contributed by atoms with Gasteiger partial charge in [0.15, 0.2) is 0 Å². The molecule has 2 atom stereocenters. The molecule has 1 N–H and O–H groups in total. The van der Waals surface area contributed by atoms with Crippen LogP contribution in [0.2, 0.25) is 0 Å². The van der Waals surface area contributed by atoms with Crippen LogP contribution in [-0.2, 0) is 0 Å². The van der Waals surface area contributed by atoms with E-state index in [1.54, 1.807) is 0 Å². The first kappa shape index (κ1) is 14.4. The number of nitrogens with one attached hydrogen (secondary N) is 1. The Bertz CT molecular complexity index is 433. The number of benzene rings is 1. The third-order valence-corrected chi connectivity index (χ3v) is 3.87. The highest BCUT2D eigenvalue weighted by atomic mass is 16.5. The molecule has 1 heterocycles. The smallest absolute Gasteiger partial charge is 0.119 e. The SMILES string of the molecule is CCCOc1ccc2c(c1)C(C(C)(C)C)NCC2C. The lowest BCUT2D eigenvalue weighted by Crippen LogP contribution is -2.39. The van der Waals surface area contributed by atoms with E-state index in [0.29, 0.717) is 12.0 Å². The molecule has 19 heavy (non-hydrogen) atoms. The lowest BCUT2D eigenvalue weighted by molar-refractivity contribution is 0.254. The van der Waals surface area contributed by atoms with Crippen LogP contribution in [0.25, 0.3) is 0 Å². The van der Waals surface area contributed by atoms with Gasteiger partial charge in [-0.15, -0.1) is 0 Å². The van der Waals surface area contributed by atoms with Gasteiger partial charge < -0.3 is 10.1 Å². The highest BCUT2D eigenvalue weighted by Gasteiger charge is 2.32. The topological polar surface area (TPSA) is 21.3 Å². The zero-order chi connectivity index (χ0) is 14.0. The van der Waals surface area contributed by atoms with Crippen molar-refractivity contribution in [1.29, 1.82) is 0 Å². The molecule has 1 aliphatic rings. The van der Waals surface area contributed by atoms with Gasteiger partial charge in [0.1, 0.15) is 5.75 Å². The molecule has 0 saturated carbocycles. The summed E-state index contributed by atoms with van der Waals surface area (Å²) in [7, 11) is 0. The second-order valence-corrected chi connectivity index (χ2v) is 6.75. The second kappa shape index (κ2) is 5.54. The maximum atomic E-state index is 5.79. The van der Waals surface area contributed by atoms with Crippen molar-refractivity contribution >= 4 is 0 Å². The molecule has 0 saturated heterocycles. The van der Waals surface area contributed by atoms with Gasteiger partial charge in [0.25, 0.3) is 0 Å². The molecule has 0 aliphatic carbocycles. The van der Waals surface area contributed by atoms with E-state index < -0.39 is 0 Å². The first-order chi connectivity index (χ1) is 8.93. The predicted molar refractivity (Wildman–Crippen MR) is 80.8 cm³/mol.